The number of fused-ring (bicyclic) bond motifs is 1. The van der Waals surface area contributed by atoms with Gasteiger partial charge in [0.2, 0.25) is 0 Å². The molecule has 0 saturated heterocycles. The van der Waals surface area contributed by atoms with Crippen LogP contribution in [-0.2, 0) is 12.8 Å². The van der Waals surface area contributed by atoms with Crippen LogP contribution in [0.3, 0.4) is 0 Å². The third-order valence-electron chi connectivity index (χ3n) is 2.92. The van der Waals surface area contributed by atoms with Gasteiger partial charge in [0.15, 0.2) is 0 Å². The van der Waals surface area contributed by atoms with E-state index in [1.54, 1.807) is 0 Å². The second-order valence-corrected chi connectivity index (χ2v) is 4.04. The van der Waals surface area contributed by atoms with E-state index in [4.69, 9.17) is 11.5 Å². The summed E-state index contributed by atoms with van der Waals surface area (Å²) in [5.74, 6) is 0.450. The maximum Gasteiger partial charge on any atom is 0.0553 e. The highest BCUT2D eigenvalue weighted by Crippen LogP contribution is 2.26. The average molecular weight is 179 g/mol. The van der Waals surface area contributed by atoms with Crippen molar-refractivity contribution < 1.29 is 0 Å². The first kappa shape index (κ1) is 8.78. The molecule has 0 fully saturated rings. The Labute approximate surface area is 78.5 Å². The lowest BCUT2D eigenvalue weighted by atomic mass is 9.86. The Morgan fingerprint density at radius 1 is 1.54 bits per heavy atom. The SMILES string of the molecule is Cc1cc2c([nH]1)CC(C(N)N)CC2. The van der Waals surface area contributed by atoms with Crippen LogP contribution in [0.2, 0.25) is 0 Å². The molecule has 0 amide bonds. The second-order valence-electron chi connectivity index (χ2n) is 4.04. The number of hydrogen-bond donors (Lipinski definition) is 3. The molecule has 0 bridgehead atoms. The highest BCUT2D eigenvalue weighted by Gasteiger charge is 2.22. The first-order chi connectivity index (χ1) is 6.16. The third-order valence-corrected chi connectivity index (χ3v) is 2.92. The number of H-pyrrole nitrogens is 1. The van der Waals surface area contributed by atoms with Gasteiger partial charge >= 0.3 is 0 Å². The minimum Gasteiger partial charge on any atom is -0.362 e. The van der Waals surface area contributed by atoms with Gasteiger partial charge in [0.25, 0.3) is 0 Å². The molecule has 1 unspecified atom stereocenters. The molecule has 72 valence electrons. The topological polar surface area (TPSA) is 67.8 Å². The Bertz CT molecular complexity index is 301. The number of aromatic amines is 1. The Hall–Kier alpha value is -0.800. The van der Waals surface area contributed by atoms with E-state index in [9.17, 15) is 0 Å². The summed E-state index contributed by atoms with van der Waals surface area (Å²) in [6, 6.07) is 2.23. The molecule has 1 heterocycles. The molecule has 0 aromatic carbocycles. The monoisotopic (exact) mass is 179 g/mol. The Balaban J connectivity index is 2.19. The van der Waals surface area contributed by atoms with Crippen LogP contribution in [0.25, 0.3) is 0 Å². The number of aryl methyl sites for hydroxylation is 2. The summed E-state index contributed by atoms with van der Waals surface area (Å²) in [5.41, 5.74) is 15.4. The summed E-state index contributed by atoms with van der Waals surface area (Å²) >= 11 is 0. The molecule has 5 N–H and O–H groups in total. The van der Waals surface area contributed by atoms with Crippen LogP contribution in [-0.4, -0.2) is 11.1 Å². The molecule has 3 nitrogen and oxygen atoms in total. The van der Waals surface area contributed by atoms with Gasteiger partial charge in [-0.05, 0) is 43.7 Å². The van der Waals surface area contributed by atoms with Crippen LogP contribution in [0.5, 0.6) is 0 Å². The lowest BCUT2D eigenvalue weighted by Gasteiger charge is -2.24. The van der Waals surface area contributed by atoms with E-state index >= 15 is 0 Å². The molecule has 0 saturated carbocycles. The van der Waals surface area contributed by atoms with Crippen LogP contribution in [0.1, 0.15) is 23.4 Å². The molecular formula is C10H17N3. The van der Waals surface area contributed by atoms with E-state index < -0.39 is 0 Å². The predicted molar refractivity (Wildman–Crippen MR) is 53.2 cm³/mol. The van der Waals surface area contributed by atoms with Gasteiger partial charge in [-0.3, -0.25) is 0 Å². The number of hydrogen-bond acceptors (Lipinski definition) is 2. The van der Waals surface area contributed by atoms with Crippen molar-refractivity contribution in [2.45, 2.75) is 32.4 Å². The maximum atomic E-state index is 5.69. The lowest BCUT2D eigenvalue weighted by Crippen LogP contribution is -2.41. The fourth-order valence-electron chi connectivity index (χ4n) is 2.14. The fraction of sp³-hybridized carbons (Fsp3) is 0.600. The van der Waals surface area contributed by atoms with Crippen LogP contribution in [0.15, 0.2) is 6.07 Å². The molecule has 1 aromatic rings. The van der Waals surface area contributed by atoms with Gasteiger partial charge in [-0.1, -0.05) is 0 Å². The second kappa shape index (κ2) is 3.16. The largest absolute Gasteiger partial charge is 0.362 e. The first-order valence-corrected chi connectivity index (χ1v) is 4.85. The van der Waals surface area contributed by atoms with Gasteiger partial charge in [0.1, 0.15) is 0 Å². The zero-order valence-corrected chi connectivity index (χ0v) is 8.01. The van der Waals surface area contributed by atoms with Crippen molar-refractivity contribution in [3.05, 3.63) is 23.0 Å². The van der Waals surface area contributed by atoms with Crippen LogP contribution >= 0.6 is 0 Å². The summed E-state index contributed by atoms with van der Waals surface area (Å²) in [6.45, 7) is 2.09. The van der Waals surface area contributed by atoms with Crippen molar-refractivity contribution in [3.63, 3.8) is 0 Å². The molecule has 13 heavy (non-hydrogen) atoms. The van der Waals surface area contributed by atoms with Gasteiger partial charge in [-0.15, -0.1) is 0 Å². The first-order valence-electron chi connectivity index (χ1n) is 4.85. The highest BCUT2D eigenvalue weighted by molar-refractivity contribution is 5.28. The maximum absolute atomic E-state index is 5.69. The van der Waals surface area contributed by atoms with E-state index in [0.717, 1.165) is 19.3 Å². The van der Waals surface area contributed by atoms with E-state index in [1.165, 1.54) is 17.0 Å². The van der Waals surface area contributed by atoms with Gasteiger partial charge < -0.3 is 16.5 Å². The molecule has 0 aliphatic heterocycles. The quantitative estimate of drug-likeness (QED) is 0.555. The minimum absolute atomic E-state index is 0.170. The molecule has 1 aliphatic carbocycles. The lowest BCUT2D eigenvalue weighted by molar-refractivity contribution is 0.379. The molecular weight excluding hydrogens is 162 g/mol. The summed E-state index contributed by atoms with van der Waals surface area (Å²) in [7, 11) is 0. The summed E-state index contributed by atoms with van der Waals surface area (Å²) in [5, 5.41) is 0. The molecule has 3 heteroatoms. The van der Waals surface area contributed by atoms with Gasteiger partial charge in [0, 0.05) is 11.4 Å². The normalized spacial score (nSPS) is 22.0. The third kappa shape index (κ3) is 1.62. The molecule has 0 spiro atoms. The Morgan fingerprint density at radius 3 is 3.00 bits per heavy atom. The number of rotatable bonds is 1. The van der Waals surface area contributed by atoms with Gasteiger partial charge in [-0.25, -0.2) is 0 Å². The fourth-order valence-corrected chi connectivity index (χ4v) is 2.14. The van der Waals surface area contributed by atoms with Crippen LogP contribution < -0.4 is 11.5 Å². The minimum atomic E-state index is -0.170. The molecule has 1 aromatic heterocycles. The van der Waals surface area contributed by atoms with E-state index in [0.29, 0.717) is 5.92 Å². The zero-order chi connectivity index (χ0) is 9.42. The number of nitrogens with one attached hydrogen (secondary N) is 1. The van der Waals surface area contributed by atoms with Crippen LogP contribution in [0.4, 0.5) is 0 Å². The Morgan fingerprint density at radius 2 is 2.31 bits per heavy atom. The smallest absolute Gasteiger partial charge is 0.0553 e. The van der Waals surface area contributed by atoms with Crippen molar-refractivity contribution in [1.82, 2.24) is 4.98 Å². The predicted octanol–water partition coefficient (Wildman–Crippen LogP) is 0.672. The molecule has 1 atom stereocenters. The van der Waals surface area contributed by atoms with E-state index in [-0.39, 0.29) is 6.17 Å². The summed E-state index contributed by atoms with van der Waals surface area (Å²) < 4.78 is 0. The molecule has 2 rings (SSSR count). The van der Waals surface area contributed by atoms with Gasteiger partial charge in [-0.2, -0.15) is 0 Å². The van der Waals surface area contributed by atoms with Gasteiger partial charge in [0.05, 0.1) is 6.17 Å². The molecule has 0 radical (unpaired) electrons. The number of aromatic nitrogens is 1. The average Bonchev–Trinajstić information content (AvgIpc) is 2.42. The number of nitrogens with two attached hydrogens (primary N) is 2. The van der Waals surface area contributed by atoms with Crippen molar-refractivity contribution >= 4 is 0 Å². The van der Waals surface area contributed by atoms with Crippen molar-refractivity contribution in [2.75, 3.05) is 0 Å². The van der Waals surface area contributed by atoms with Crippen molar-refractivity contribution in [1.29, 1.82) is 0 Å². The zero-order valence-electron chi connectivity index (χ0n) is 8.01. The highest BCUT2D eigenvalue weighted by atomic mass is 14.9. The molecule has 1 aliphatic rings. The van der Waals surface area contributed by atoms with E-state index in [1.807, 2.05) is 0 Å². The standard InChI is InChI=1S/C10H17N3/c1-6-4-7-2-3-8(10(11)12)5-9(7)13-6/h4,8,10,13H,2-3,5,11-12H2,1H3. The van der Waals surface area contributed by atoms with E-state index in [2.05, 4.69) is 18.0 Å². The summed E-state index contributed by atoms with van der Waals surface area (Å²) in [6.07, 6.45) is 3.09. The summed E-state index contributed by atoms with van der Waals surface area (Å²) in [4.78, 5) is 3.37. The Kier molecular flexibility index (Phi) is 2.14. The van der Waals surface area contributed by atoms with Crippen molar-refractivity contribution in [2.24, 2.45) is 17.4 Å². The van der Waals surface area contributed by atoms with Crippen molar-refractivity contribution in [3.8, 4) is 0 Å². The van der Waals surface area contributed by atoms with Crippen LogP contribution in [0, 0.1) is 12.8 Å².